The molecule has 2 aliphatic carbocycles. The van der Waals surface area contributed by atoms with E-state index in [-0.39, 0.29) is 17.3 Å². The van der Waals surface area contributed by atoms with Gasteiger partial charge in [0, 0.05) is 5.41 Å². The maximum Gasteiger partial charge on any atom is 0.123 e. The third-order valence-corrected chi connectivity index (χ3v) is 5.48. The summed E-state index contributed by atoms with van der Waals surface area (Å²) in [7, 11) is 0. The van der Waals surface area contributed by atoms with E-state index in [9.17, 15) is 9.50 Å². The van der Waals surface area contributed by atoms with E-state index in [0.29, 0.717) is 0 Å². The molecule has 126 valence electrons. The van der Waals surface area contributed by atoms with Crippen molar-refractivity contribution in [3.8, 4) is 0 Å². The van der Waals surface area contributed by atoms with Crippen LogP contribution in [0.15, 0.2) is 64.9 Å². The predicted octanol–water partition coefficient (Wildman–Crippen LogP) is 5.28. The Kier molecular flexibility index (Phi) is 4.89. The van der Waals surface area contributed by atoms with E-state index >= 15 is 0 Å². The molecule has 0 heterocycles. The highest BCUT2D eigenvalue weighted by atomic mass is 19.1. The normalized spacial score (nSPS) is 25.8. The summed E-state index contributed by atoms with van der Waals surface area (Å²) in [5.74, 6) is -0.191. The molecule has 0 saturated heterocycles. The van der Waals surface area contributed by atoms with Gasteiger partial charge in [-0.15, -0.1) is 5.73 Å². The van der Waals surface area contributed by atoms with Gasteiger partial charge in [0.15, 0.2) is 0 Å². The van der Waals surface area contributed by atoms with Crippen LogP contribution in [0.3, 0.4) is 0 Å². The second-order valence-electron chi connectivity index (χ2n) is 7.21. The van der Waals surface area contributed by atoms with Crippen molar-refractivity contribution in [3.05, 3.63) is 76.3 Å². The van der Waals surface area contributed by atoms with Crippen LogP contribution in [0.5, 0.6) is 0 Å². The highest BCUT2D eigenvalue weighted by Crippen LogP contribution is 2.50. The lowest BCUT2D eigenvalue weighted by Gasteiger charge is -2.34. The maximum atomic E-state index is 12.9. The number of fused-ring (bicyclic) bond motifs is 1. The monoisotopic (exact) mass is 324 g/mol. The van der Waals surface area contributed by atoms with Gasteiger partial charge >= 0.3 is 0 Å². The lowest BCUT2D eigenvalue weighted by atomic mass is 9.72. The minimum Gasteiger partial charge on any atom is -0.392 e. The van der Waals surface area contributed by atoms with Crippen LogP contribution in [0.1, 0.15) is 45.1 Å². The van der Waals surface area contributed by atoms with Crippen LogP contribution in [-0.2, 0) is 6.42 Å². The molecule has 1 nitrogen and oxygen atoms in total. The zero-order valence-electron chi connectivity index (χ0n) is 14.5. The number of hydrogen-bond donors (Lipinski definition) is 1. The zero-order chi connectivity index (χ0) is 17.2. The number of aliphatic hydroxyl groups is 1. The molecule has 0 aliphatic heterocycles. The molecule has 1 aromatic carbocycles. The summed E-state index contributed by atoms with van der Waals surface area (Å²) in [6.07, 6.45) is 10.7. The summed E-state index contributed by atoms with van der Waals surface area (Å²) < 4.78 is 12.9. The number of hydrogen-bond acceptors (Lipinski definition) is 1. The summed E-state index contributed by atoms with van der Waals surface area (Å²) in [5, 5.41) is 10.3. The van der Waals surface area contributed by atoms with Crippen LogP contribution in [0, 0.1) is 11.2 Å². The van der Waals surface area contributed by atoms with E-state index < -0.39 is 0 Å². The fraction of sp³-hybridized carbons (Fsp3) is 0.409. The molecule has 1 saturated carbocycles. The largest absolute Gasteiger partial charge is 0.392 e. The fourth-order valence-corrected chi connectivity index (χ4v) is 3.77. The number of rotatable bonds is 4. The lowest BCUT2D eigenvalue weighted by Crippen LogP contribution is -2.30. The maximum absolute atomic E-state index is 12.9. The zero-order valence-corrected chi connectivity index (χ0v) is 14.5. The Hall–Kier alpha value is -1.89. The van der Waals surface area contributed by atoms with E-state index in [0.717, 1.165) is 37.7 Å². The number of halogens is 1. The molecule has 1 N–H and O–H groups in total. The summed E-state index contributed by atoms with van der Waals surface area (Å²) in [6, 6.07) is 6.66. The van der Waals surface area contributed by atoms with Crippen molar-refractivity contribution in [2.24, 2.45) is 5.41 Å². The first kappa shape index (κ1) is 17.0. The minimum atomic E-state index is -0.234. The van der Waals surface area contributed by atoms with E-state index in [1.165, 1.54) is 28.9 Å². The van der Waals surface area contributed by atoms with Gasteiger partial charge in [0.25, 0.3) is 0 Å². The number of aryl methyl sites for hydroxylation is 1. The van der Waals surface area contributed by atoms with E-state index in [1.54, 1.807) is 0 Å². The average Bonchev–Trinajstić information content (AvgIpc) is 2.84. The number of aliphatic hydroxyl groups excluding tert-OH is 1. The first-order valence-electron chi connectivity index (χ1n) is 8.73. The molecule has 3 rings (SSSR count). The third kappa shape index (κ3) is 3.45. The van der Waals surface area contributed by atoms with Gasteiger partial charge in [-0.05, 0) is 80.0 Å². The highest BCUT2D eigenvalue weighted by molar-refractivity contribution is 5.43. The van der Waals surface area contributed by atoms with Crippen LogP contribution in [0.2, 0.25) is 0 Å². The smallest absolute Gasteiger partial charge is 0.123 e. The third-order valence-electron chi connectivity index (χ3n) is 5.48. The van der Waals surface area contributed by atoms with Crippen LogP contribution >= 0.6 is 0 Å². The molecular weight excluding hydrogens is 299 g/mol. The lowest BCUT2D eigenvalue weighted by molar-refractivity contribution is 0.0835. The summed E-state index contributed by atoms with van der Waals surface area (Å²) in [6.45, 7) is 4.32. The Bertz CT molecular complexity index is 732. The predicted molar refractivity (Wildman–Crippen MR) is 96.1 cm³/mol. The van der Waals surface area contributed by atoms with Crippen molar-refractivity contribution >= 4 is 0 Å². The Morgan fingerprint density at radius 1 is 1.33 bits per heavy atom. The Balaban J connectivity index is 1.63. The van der Waals surface area contributed by atoms with E-state index in [2.05, 4.69) is 31.7 Å². The molecule has 0 spiro atoms. The molecule has 2 aliphatic rings. The molecule has 1 fully saturated rings. The van der Waals surface area contributed by atoms with Gasteiger partial charge in [-0.25, -0.2) is 4.39 Å². The number of allylic oxidation sites excluding steroid dienone is 4. The summed E-state index contributed by atoms with van der Waals surface area (Å²) in [5.41, 5.74) is 8.27. The SMILES string of the molecule is CC1=C(C=C=CCCc2ccc(F)cc2)CC2(C)C(=C1)CCC2O. The van der Waals surface area contributed by atoms with Crippen molar-refractivity contribution in [2.75, 3.05) is 0 Å². The van der Waals surface area contributed by atoms with Gasteiger partial charge in [0.2, 0.25) is 0 Å². The fourth-order valence-electron chi connectivity index (χ4n) is 3.77. The summed E-state index contributed by atoms with van der Waals surface area (Å²) in [4.78, 5) is 0. The van der Waals surface area contributed by atoms with Gasteiger partial charge in [0.1, 0.15) is 5.82 Å². The van der Waals surface area contributed by atoms with Crippen LogP contribution in [-0.4, -0.2) is 11.2 Å². The second kappa shape index (κ2) is 6.93. The van der Waals surface area contributed by atoms with Gasteiger partial charge in [-0.3, -0.25) is 0 Å². The van der Waals surface area contributed by atoms with Crippen molar-refractivity contribution in [1.29, 1.82) is 0 Å². The first-order valence-corrected chi connectivity index (χ1v) is 8.73. The molecule has 0 radical (unpaired) electrons. The molecule has 0 bridgehead atoms. The Morgan fingerprint density at radius 3 is 2.83 bits per heavy atom. The molecular formula is C22H25FO. The van der Waals surface area contributed by atoms with Gasteiger partial charge in [-0.2, -0.15) is 0 Å². The molecule has 24 heavy (non-hydrogen) atoms. The summed E-state index contributed by atoms with van der Waals surface area (Å²) >= 11 is 0. The quantitative estimate of drug-likeness (QED) is 0.747. The molecule has 2 heteroatoms. The standard InChI is InChI=1S/C22H25FO/c1-16-14-19-10-13-21(24)22(19,2)15-18(16)7-5-3-4-6-17-8-11-20(23)12-9-17/h3,7-9,11-12,14,21,24H,4,6,10,13,15H2,1-2H3. The van der Waals surface area contributed by atoms with E-state index in [4.69, 9.17) is 0 Å². The Labute approximate surface area is 143 Å². The molecule has 2 unspecified atom stereocenters. The van der Waals surface area contributed by atoms with Crippen LogP contribution < -0.4 is 0 Å². The van der Waals surface area contributed by atoms with Gasteiger partial charge < -0.3 is 5.11 Å². The first-order chi connectivity index (χ1) is 11.5. The highest BCUT2D eigenvalue weighted by Gasteiger charge is 2.43. The average molecular weight is 324 g/mol. The molecule has 2 atom stereocenters. The minimum absolute atomic E-state index is 0.0961. The molecule has 0 amide bonds. The van der Waals surface area contributed by atoms with Crippen LogP contribution in [0.25, 0.3) is 0 Å². The van der Waals surface area contributed by atoms with Gasteiger partial charge in [-0.1, -0.05) is 30.7 Å². The topological polar surface area (TPSA) is 20.2 Å². The Morgan fingerprint density at radius 2 is 2.08 bits per heavy atom. The molecule has 0 aromatic heterocycles. The van der Waals surface area contributed by atoms with Crippen molar-refractivity contribution in [2.45, 2.75) is 52.1 Å². The number of benzene rings is 1. The van der Waals surface area contributed by atoms with Crippen molar-refractivity contribution in [1.82, 2.24) is 0 Å². The van der Waals surface area contributed by atoms with Crippen LogP contribution in [0.4, 0.5) is 4.39 Å². The molecule has 1 aromatic rings. The van der Waals surface area contributed by atoms with Gasteiger partial charge in [0.05, 0.1) is 6.10 Å². The van der Waals surface area contributed by atoms with Crippen molar-refractivity contribution < 1.29 is 9.50 Å². The second-order valence-corrected chi connectivity index (χ2v) is 7.21. The van der Waals surface area contributed by atoms with E-state index in [1.807, 2.05) is 18.2 Å². The van der Waals surface area contributed by atoms with Crippen molar-refractivity contribution in [3.63, 3.8) is 0 Å².